The number of aromatic nitrogens is 1. The van der Waals surface area contributed by atoms with Crippen molar-refractivity contribution in [2.24, 2.45) is 0 Å². The summed E-state index contributed by atoms with van der Waals surface area (Å²) in [5.41, 5.74) is 11.8. The molecule has 0 radical (unpaired) electrons. The molecule has 1 aliphatic rings. The number of hydrogen-bond acceptors (Lipinski definition) is 2. The molecule has 0 amide bonds. The third-order valence-electron chi connectivity index (χ3n) is 9.45. The van der Waals surface area contributed by atoms with Crippen LogP contribution in [0.3, 0.4) is 0 Å². The lowest BCUT2D eigenvalue weighted by Crippen LogP contribution is -2.14. The van der Waals surface area contributed by atoms with E-state index in [1.807, 2.05) is 17.4 Å². The smallest absolute Gasteiger partial charge is 0.0991 e. The van der Waals surface area contributed by atoms with Crippen LogP contribution < -0.4 is 0 Å². The molecule has 0 saturated heterocycles. The van der Waals surface area contributed by atoms with Crippen LogP contribution in [-0.2, 0) is 5.41 Å². The highest BCUT2D eigenvalue weighted by Crippen LogP contribution is 2.54. The average Bonchev–Trinajstić information content (AvgIpc) is 3.67. The van der Waals surface area contributed by atoms with Gasteiger partial charge in [-0.3, -0.25) is 0 Å². The Balaban J connectivity index is 1.38. The van der Waals surface area contributed by atoms with Gasteiger partial charge in [-0.1, -0.05) is 105 Å². The van der Waals surface area contributed by atoms with Crippen molar-refractivity contribution in [3.05, 3.63) is 138 Å². The van der Waals surface area contributed by atoms with Gasteiger partial charge in [0.05, 0.1) is 28.4 Å². The highest BCUT2D eigenvalue weighted by Gasteiger charge is 2.36. The Morgan fingerprint density at radius 2 is 1.23 bits per heavy atom. The van der Waals surface area contributed by atoms with Crippen LogP contribution in [-0.4, -0.2) is 4.57 Å². The first-order valence-electron chi connectivity index (χ1n) is 14.7. The normalized spacial score (nSPS) is 13.5. The zero-order valence-corrected chi connectivity index (χ0v) is 24.7. The summed E-state index contributed by atoms with van der Waals surface area (Å²) in [7, 11) is 0. The molecular weight excluding hydrogens is 541 g/mol. The molecule has 43 heavy (non-hydrogen) atoms. The predicted molar refractivity (Wildman–Crippen MR) is 181 cm³/mol. The quantitative estimate of drug-likeness (QED) is 0.205. The third kappa shape index (κ3) is 3.22. The van der Waals surface area contributed by atoms with Crippen molar-refractivity contribution in [3.63, 3.8) is 0 Å². The fourth-order valence-corrected chi connectivity index (χ4v) is 8.84. The minimum absolute atomic E-state index is 0.0377. The fourth-order valence-electron chi connectivity index (χ4n) is 7.45. The molecule has 9 rings (SSSR count). The molecule has 3 heteroatoms. The third-order valence-corrected chi connectivity index (χ3v) is 10.7. The van der Waals surface area contributed by atoms with Gasteiger partial charge < -0.3 is 4.57 Å². The Bertz CT molecular complexity index is 2450. The van der Waals surface area contributed by atoms with Gasteiger partial charge in [0.2, 0.25) is 0 Å². The lowest BCUT2D eigenvalue weighted by molar-refractivity contribution is 0.661. The molecule has 0 bridgehead atoms. The first-order chi connectivity index (χ1) is 21.1. The highest BCUT2D eigenvalue weighted by atomic mass is 32.1. The molecule has 0 aliphatic heterocycles. The van der Waals surface area contributed by atoms with E-state index in [0.29, 0.717) is 5.56 Å². The van der Waals surface area contributed by atoms with Crippen molar-refractivity contribution >= 4 is 53.3 Å². The summed E-state index contributed by atoms with van der Waals surface area (Å²) >= 11 is 1.89. The summed E-state index contributed by atoms with van der Waals surface area (Å²) in [6.07, 6.45) is 0. The van der Waals surface area contributed by atoms with Gasteiger partial charge in [-0.15, -0.1) is 11.3 Å². The zero-order chi connectivity index (χ0) is 28.9. The number of fused-ring (bicyclic) bond motifs is 10. The van der Waals surface area contributed by atoms with Crippen LogP contribution in [0.2, 0.25) is 0 Å². The monoisotopic (exact) mass is 566 g/mol. The Morgan fingerprint density at radius 3 is 2.00 bits per heavy atom. The van der Waals surface area contributed by atoms with Gasteiger partial charge in [0.25, 0.3) is 0 Å². The average molecular weight is 567 g/mol. The maximum atomic E-state index is 10.00. The van der Waals surface area contributed by atoms with Crippen molar-refractivity contribution in [2.45, 2.75) is 19.3 Å². The van der Waals surface area contributed by atoms with E-state index in [4.69, 9.17) is 0 Å². The first-order valence-corrected chi connectivity index (χ1v) is 15.5. The number of nitriles is 1. The van der Waals surface area contributed by atoms with Gasteiger partial charge in [0.1, 0.15) is 0 Å². The van der Waals surface area contributed by atoms with Crippen molar-refractivity contribution in [1.29, 1.82) is 5.26 Å². The summed E-state index contributed by atoms with van der Waals surface area (Å²) in [6.45, 7) is 4.68. The van der Waals surface area contributed by atoms with Crippen molar-refractivity contribution in [3.8, 4) is 34.0 Å². The van der Waals surface area contributed by atoms with Crippen LogP contribution in [0.15, 0.2) is 121 Å². The van der Waals surface area contributed by atoms with Crippen LogP contribution in [0.5, 0.6) is 0 Å². The van der Waals surface area contributed by atoms with E-state index in [1.54, 1.807) is 0 Å². The lowest BCUT2D eigenvalue weighted by Gasteiger charge is -2.21. The van der Waals surface area contributed by atoms with Gasteiger partial charge in [-0.2, -0.15) is 5.26 Å². The van der Waals surface area contributed by atoms with E-state index in [9.17, 15) is 5.26 Å². The number of hydrogen-bond donors (Lipinski definition) is 0. The number of nitrogens with zero attached hydrogens (tertiary/aromatic N) is 2. The van der Waals surface area contributed by atoms with Crippen molar-refractivity contribution in [2.75, 3.05) is 0 Å². The first kappa shape index (κ1) is 24.4. The maximum absolute atomic E-state index is 10.00. The van der Waals surface area contributed by atoms with Gasteiger partial charge >= 0.3 is 0 Å². The molecule has 0 N–H and O–H groups in total. The standard InChI is InChI=1S/C40H26N2S/c1-40(2)32-15-6-3-12-30(32)37-33(40)20-19-29-27-13-9-14-28(38(27)43-39(29)37)31-22-24(23-41)18-21-36(31)42-34-16-7-4-10-25(34)26-11-5-8-17-35(26)42/h3-22H,1-2H3. The zero-order valence-electron chi connectivity index (χ0n) is 23.8. The van der Waals surface area contributed by atoms with Crippen molar-refractivity contribution in [1.82, 2.24) is 4.57 Å². The summed E-state index contributed by atoms with van der Waals surface area (Å²) in [4.78, 5) is 0. The predicted octanol–water partition coefficient (Wildman–Crippen LogP) is 11.0. The molecule has 0 unspecified atom stereocenters. The van der Waals surface area contributed by atoms with Gasteiger partial charge in [0.15, 0.2) is 0 Å². The Morgan fingerprint density at radius 1 is 0.581 bits per heavy atom. The van der Waals surface area contributed by atoms with E-state index in [1.165, 1.54) is 53.2 Å². The molecule has 2 heterocycles. The molecule has 2 nitrogen and oxygen atoms in total. The summed E-state index contributed by atoms with van der Waals surface area (Å²) < 4.78 is 4.96. The minimum atomic E-state index is -0.0377. The summed E-state index contributed by atoms with van der Waals surface area (Å²) in [5, 5.41) is 15.0. The Labute approximate surface area is 253 Å². The van der Waals surface area contributed by atoms with Gasteiger partial charge in [-0.05, 0) is 47.0 Å². The molecular formula is C40H26N2S. The number of rotatable bonds is 2. The Hall–Kier alpha value is -5.17. The van der Waals surface area contributed by atoms with E-state index in [0.717, 1.165) is 27.8 Å². The molecule has 0 spiro atoms. The number of benzene rings is 6. The van der Waals surface area contributed by atoms with Crippen LogP contribution >= 0.6 is 11.3 Å². The SMILES string of the molecule is CC1(C)c2ccccc2-c2c1ccc1c2sc2c(-c3cc(C#N)ccc3-n3c4ccccc4c4ccccc43)cccc21. The molecule has 202 valence electrons. The van der Waals surface area contributed by atoms with Gasteiger partial charge in [0, 0.05) is 53.1 Å². The Kier molecular flexibility index (Phi) is 4.93. The lowest BCUT2D eigenvalue weighted by atomic mass is 9.82. The van der Waals surface area contributed by atoms with Gasteiger partial charge in [-0.25, -0.2) is 0 Å². The molecule has 8 aromatic rings. The summed E-state index contributed by atoms with van der Waals surface area (Å²) in [5.74, 6) is 0. The summed E-state index contributed by atoms with van der Waals surface area (Å²) in [6, 6.07) is 45.9. The highest BCUT2D eigenvalue weighted by molar-refractivity contribution is 7.27. The number of para-hydroxylation sites is 2. The van der Waals surface area contributed by atoms with Crippen LogP contribution in [0.4, 0.5) is 0 Å². The fraction of sp³-hybridized carbons (Fsp3) is 0.0750. The maximum Gasteiger partial charge on any atom is 0.0991 e. The molecule has 2 aromatic heterocycles. The van der Waals surface area contributed by atoms with Crippen molar-refractivity contribution < 1.29 is 0 Å². The molecule has 1 aliphatic carbocycles. The second kappa shape index (κ2) is 8.67. The molecule has 0 atom stereocenters. The van der Waals surface area contributed by atoms with E-state index >= 15 is 0 Å². The molecule has 6 aromatic carbocycles. The second-order valence-corrected chi connectivity index (χ2v) is 13.1. The van der Waals surface area contributed by atoms with E-state index in [-0.39, 0.29) is 5.41 Å². The minimum Gasteiger partial charge on any atom is -0.309 e. The second-order valence-electron chi connectivity index (χ2n) is 12.0. The van der Waals surface area contributed by atoms with E-state index < -0.39 is 0 Å². The molecule has 0 fully saturated rings. The number of thiophene rings is 1. The van der Waals surface area contributed by atoms with Crippen LogP contribution in [0.1, 0.15) is 30.5 Å². The molecule has 0 saturated carbocycles. The van der Waals surface area contributed by atoms with Crippen LogP contribution in [0.25, 0.3) is 69.9 Å². The van der Waals surface area contributed by atoms with Crippen LogP contribution in [0, 0.1) is 11.3 Å². The van der Waals surface area contributed by atoms with E-state index in [2.05, 4.69) is 140 Å². The topological polar surface area (TPSA) is 28.7 Å². The largest absolute Gasteiger partial charge is 0.309 e.